The van der Waals surface area contributed by atoms with Crippen LogP contribution in [0.15, 0.2) is 60.7 Å². The molecule has 0 bridgehead atoms. The monoisotopic (exact) mass is 293 g/mol. The van der Waals surface area contributed by atoms with Crippen molar-refractivity contribution in [2.75, 3.05) is 18.9 Å². The van der Waals surface area contributed by atoms with Crippen LogP contribution in [-0.2, 0) is 0 Å². The number of rotatable bonds is 5. The molecule has 0 aliphatic rings. The Hall–Kier alpha value is -2.52. The molecule has 3 rings (SSSR count). The van der Waals surface area contributed by atoms with Crippen molar-refractivity contribution in [2.24, 2.45) is 0 Å². The summed E-state index contributed by atoms with van der Waals surface area (Å²) >= 11 is 0. The predicted octanol–water partition coefficient (Wildman–Crippen LogP) is 3.85. The lowest BCUT2D eigenvalue weighted by atomic mass is 9.97. The van der Waals surface area contributed by atoms with E-state index < -0.39 is 0 Å². The Bertz CT molecular complexity index is 766. The molecule has 0 aliphatic carbocycles. The van der Waals surface area contributed by atoms with Crippen molar-refractivity contribution in [3.8, 4) is 16.9 Å². The van der Waals surface area contributed by atoms with Crippen molar-refractivity contribution in [3.05, 3.63) is 60.7 Å². The second-order valence-electron chi connectivity index (χ2n) is 5.20. The van der Waals surface area contributed by atoms with E-state index in [0.717, 1.165) is 33.3 Å². The third kappa shape index (κ3) is 2.90. The minimum atomic E-state index is 0.148. The van der Waals surface area contributed by atoms with Gasteiger partial charge in [0.1, 0.15) is 5.75 Å². The lowest BCUT2D eigenvalue weighted by Crippen LogP contribution is -1.99. The number of benzene rings is 3. The molecule has 3 N–H and O–H groups in total. The Morgan fingerprint density at radius 2 is 1.59 bits per heavy atom. The van der Waals surface area contributed by atoms with Gasteiger partial charge in [-0.05, 0) is 34.7 Å². The fourth-order valence-electron chi connectivity index (χ4n) is 2.56. The number of aliphatic hydroxyl groups is 1. The van der Waals surface area contributed by atoms with Crippen LogP contribution in [0.4, 0.5) is 5.69 Å². The van der Waals surface area contributed by atoms with Gasteiger partial charge in [-0.1, -0.05) is 42.5 Å². The lowest BCUT2D eigenvalue weighted by Gasteiger charge is -2.10. The molecule has 112 valence electrons. The van der Waals surface area contributed by atoms with E-state index >= 15 is 0 Å². The van der Waals surface area contributed by atoms with E-state index in [2.05, 4.69) is 12.1 Å². The molecule has 3 aromatic rings. The van der Waals surface area contributed by atoms with Crippen molar-refractivity contribution in [1.29, 1.82) is 0 Å². The number of anilines is 1. The Kier molecular flexibility index (Phi) is 4.26. The van der Waals surface area contributed by atoms with Crippen LogP contribution in [0.25, 0.3) is 21.9 Å². The van der Waals surface area contributed by atoms with Crippen LogP contribution in [0.1, 0.15) is 6.42 Å². The van der Waals surface area contributed by atoms with Crippen LogP contribution in [0.2, 0.25) is 0 Å². The van der Waals surface area contributed by atoms with Gasteiger partial charge in [0.2, 0.25) is 0 Å². The highest BCUT2D eigenvalue weighted by atomic mass is 16.5. The summed E-state index contributed by atoms with van der Waals surface area (Å²) in [6.45, 7) is 0.677. The molecule has 0 aliphatic heterocycles. The summed E-state index contributed by atoms with van der Waals surface area (Å²) in [4.78, 5) is 0. The summed E-state index contributed by atoms with van der Waals surface area (Å²) in [7, 11) is 0. The molecule has 0 unspecified atom stereocenters. The molecule has 0 amide bonds. The van der Waals surface area contributed by atoms with Crippen LogP contribution in [0.5, 0.6) is 5.75 Å². The zero-order valence-corrected chi connectivity index (χ0v) is 12.3. The summed E-state index contributed by atoms with van der Waals surface area (Å²) in [6.07, 6.45) is 0.643. The number of fused-ring (bicyclic) bond motifs is 1. The molecule has 0 saturated heterocycles. The van der Waals surface area contributed by atoms with Crippen molar-refractivity contribution in [3.63, 3.8) is 0 Å². The number of aliphatic hydroxyl groups excluding tert-OH is 1. The molecular formula is C19H19NO2. The van der Waals surface area contributed by atoms with Gasteiger partial charge < -0.3 is 15.6 Å². The van der Waals surface area contributed by atoms with Gasteiger partial charge in [0, 0.05) is 24.1 Å². The number of hydrogen-bond acceptors (Lipinski definition) is 3. The minimum Gasteiger partial charge on any atom is -0.494 e. The highest BCUT2D eigenvalue weighted by molar-refractivity contribution is 6.02. The standard InChI is InChI=1S/C19H19NO2/c20-19-11-10-16(17-4-1-2-5-18(17)19)14-6-8-15(9-7-14)22-13-3-12-21/h1-2,4-11,21H,3,12-13,20H2. The first-order valence-corrected chi connectivity index (χ1v) is 7.41. The maximum absolute atomic E-state index is 8.77. The van der Waals surface area contributed by atoms with Crippen molar-refractivity contribution >= 4 is 16.5 Å². The summed E-state index contributed by atoms with van der Waals surface area (Å²) in [5.41, 5.74) is 9.14. The van der Waals surface area contributed by atoms with E-state index in [1.807, 2.05) is 48.5 Å². The molecule has 0 atom stereocenters. The average Bonchev–Trinajstić information content (AvgIpc) is 2.57. The van der Waals surface area contributed by atoms with E-state index in [-0.39, 0.29) is 6.61 Å². The van der Waals surface area contributed by atoms with Gasteiger partial charge in [-0.15, -0.1) is 0 Å². The van der Waals surface area contributed by atoms with Crippen LogP contribution >= 0.6 is 0 Å². The zero-order chi connectivity index (χ0) is 15.4. The number of nitrogens with two attached hydrogens (primary N) is 1. The Labute approximate surface area is 130 Å². The Morgan fingerprint density at radius 1 is 0.864 bits per heavy atom. The molecule has 0 spiro atoms. The Balaban J connectivity index is 1.93. The molecular weight excluding hydrogens is 274 g/mol. The molecule has 3 aromatic carbocycles. The first-order valence-electron chi connectivity index (χ1n) is 7.41. The van der Waals surface area contributed by atoms with Crippen molar-refractivity contribution in [2.45, 2.75) is 6.42 Å². The van der Waals surface area contributed by atoms with Crippen LogP contribution in [0, 0.1) is 0 Å². The van der Waals surface area contributed by atoms with Crippen LogP contribution in [-0.4, -0.2) is 18.3 Å². The normalized spacial score (nSPS) is 10.8. The van der Waals surface area contributed by atoms with Gasteiger partial charge >= 0.3 is 0 Å². The quantitative estimate of drug-likeness (QED) is 0.555. The van der Waals surface area contributed by atoms with Gasteiger partial charge in [-0.3, -0.25) is 0 Å². The summed E-state index contributed by atoms with van der Waals surface area (Å²) in [6, 6.07) is 20.2. The lowest BCUT2D eigenvalue weighted by molar-refractivity contribution is 0.233. The van der Waals surface area contributed by atoms with Crippen molar-refractivity contribution < 1.29 is 9.84 Å². The fraction of sp³-hybridized carbons (Fsp3) is 0.158. The van der Waals surface area contributed by atoms with Gasteiger partial charge in [-0.25, -0.2) is 0 Å². The largest absolute Gasteiger partial charge is 0.494 e. The molecule has 0 fully saturated rings. The second kappa shape index (κ2) is 6.50. The van der Waals surface area contributed by atoms with E-state index in [1.54, 1.807) is 0 Å². The van der Waals surface area contributed by atoms with Crippen LogP contribution < -0.4 is 10.5 Å². The number of ether oxygens (including phenoxy) is 1. The minimum absolute atomic E-state index is 0.148. The maximum atomic E-state index is 8.77. The van der Waals surface area contributed by atoms with Gasteiger partial charge in [0.25, 0.3) is 0 Å². The molecule has 0 heterocycles. The third-order valence-electron chi connectivity index (χ3n) is 3.69. The highest BCUT2D eigenvalue weighted by Gasteiger charge is 2.06. The zero-order valence-electron chi connectivity index (χ0n) is 12.3. The topological polar surface area (TPSA) is 55.5 Å². The summed E-state index contributed by atoms with van der Waals surface area (Å²) in [5, 5.41) is 11.0. The molecule has 3 nitrogen and oxygen atoms in total. The summed E-state index contributed by atoms with van der Waals surface area (Å²) in [5.74, 6) is 0.817. The van der Waals surface area contributed by atoms with Crippen LogP contribution in [0.3, 0.4) is 0 Å². The number of hydrogen-bond donors (Lipinski definition) is 2. The second-order valence-corrected chi connectivity index (χ2v) is 5.20. The molecule has 3 heteroatoms. The van der Waals surface area contributed by atoms with E-state index in [1.165, 1.54) is 0 Å². The smallest absolute Gasteiger partial charge is 0.119 e. The fourth-order valence-corrected chi connectivity index (χ4v) is 2.56. The molecule has 0 saturated carbocycles. The van der Waals surface area contributed by atoms with Gasteiger partial charge in [-0.2, -0.15) is 0 Å². The summed E-state index contributed by atoms with van der Waals surface area (Å²) < 4.78 is 5.56. The molecule has 0 aromatic heterocycles. The van der Waals surface area contributed by atoms with Gasteiger partial charge in [0.15, 0.2) is 0 Å². The number of nitrogen functional groups attached to an aromatic ring is 1. The first kappa shape index (κ1) is 14.4. The van der Waals surface area contributed by atoms with E-state index in [0.29, 0.717) is 13.0 Å². The highest BCUT2D eigenvalue weighted by Crippen LogP contribution is 2.32. The SMILES string of the molecule is Nc1ccc(-c2ccc(OCCCO)cc2)c2ccccc12. The molecule has 22 heavy (non-hydrogen) atoms. The van der Waals surface area contributed by atoms with E-state index in [9.17, 15) is 0 Å². The molecule has 0 radical (unpaired) electrons. The maximum Gasteiger partial charge on any atom is 0.119 e. The predicted molar refractivity (Wildman–Crippen MR) is 91.0 cm³/mol. The third-order valence-corrected chi connectivity index (χ3v) is 3.69. The van der Waals surface area contributed by atoms with E-state index in [4.69, 9.17) is 15.6 Å². The van der Waals surface area contributed by atoms with Gasteiger partial charge in [0.05, 0.1) is 6.61 Å². The van der Waals surface area contributed by atoms with Crippen molar-refractivity contribution in [1.82, 2.24) is 0 Å². The first-order chi connectivity index (χ1) is 10.8. The average molecular weight is 293 g/mol. The Morgan fingerprint density at radius 3 is 2.32 bits per heavy atom.